The molecule has 1 aromatic carbocycles. The molecule has 0 saturated carbocycles. The fourth-order valence-corrected chi connectivity index (χ4v) is 0.981. The number of carboxylic acids is 1. The Morgan fingerprint density at radius 3 is 2.54 bits per heavy atom. The molecule has 4 heteroatoms. The number of carboxylic acid groups (broad SMARTS) is 1. The largest absolute Gasteiger partial charge is 1.00 e. The summed E-state index contributed by atoms with van der Waals surface area (Å²) in [5.41, 5.74) is 0.965. The molecule has 0 amide bonds. The SMILES string of the molecule is COc1ccc(C)cc1C(=O)[O-].[Na+]. The maximum Gasteiger partial charge on any atom is 1.00 e. The fraction of sp³-hybridized carbons (Fsp3) is 0.222. The minimum atomic E-state index is -1.21. The molecule has 1 rings (SSSR count). The monoisotopic (exact) mass is 188 g/mol. The van der Waals surface area contributed by atoms with Crippen LogP contribution in [0, 0.1) is 6.92 Å². The van der Waals surface area contributed by atoms with E-state index in [0.717, 1.165) is 5.56 Å². The maximum atomic E-state index is 10.5. The Morgan fingerprint density at radius 1 is 1.46 bits per heavy atom. The van der Waals surface area contributed by atoms with Crippen LogP contribution in [0.25, 0.3) is 0 Å². The second-order valence-corrected chi connectivity index (χ2v) is 2.49. The average Bonchev–Trinajstić information content (AvgIpc) is 2.04. The molecule has 0 atom stereocenters. The molecule has 0 N–H and O–H groups in total. The number of methoxy groups -OCH3 is 1. The number of carbonyl (C=O) groups is 1. The van der Waals surface area contributed by atoms with E-state index >= 15 is 0 Å². The van der Waals surface area contributed by atoms with Crippen LogP contribution >= 0.6 is 0 Å². The predicted octanol–water partition coefficient (Wildman–Crippen LogP) is -2.63. The Kier molecular flexibility index (Phi) is 5.06. The van der Waals surface area contributed by atoms with Crippen molar-refractivity contribution in [3.05, 3.63) is 29.3 Å². The number of rotatable bonds is 2. The molecule has 0 aliphatic carbocycles. The molecule has 3 nitrogen and oxygen atoms in total. The quantitative estimate of drug-likeness (QED) is 0.477. The van der Waals surface area contributed by atoms with Crippen molar-refractivity contribution < 1.29 is 44.2 Å². The van der Waals surface area contributed by atoms with E-state index in [0.29, 0.717) is 5.75 Å². The first-order valence-electron chi connectivity index (χ1n) is 3.51. The van der Waals surface area contributed by atoms with Crippen molar-refractivity contribution in [2.75, 3.05) is 7.11 Å². The van der Waals surface area contributed by atoms with Crippen molar-refractivity contribution in [1.82, 2.24) is 0 Å². The maximum absolute atomic E-state index is 10.5. The summed E-state index contributed by atoms with van der Waals surface area (Å²) >= 11 is 0. The van der Waals surface area contributed by atoms with Gasteiger partial charge in [-0.05, 0) is 19.1 Å². The van der Waals surface area contributed by atoms with Crippen molar-refractivity contribution in [2.24, 2.45) is 0 Å². The van der Waals surface area contributed by atoms with Gasteiger partial charge in [-0.3, -0.25) is 0 Å². The van der Waals surface area contributed by atoms with E-state index in [1.807, 2.05) is 6.92 Å². The smallest absolute Gasteiger partial charge is 0.545 e. The molecule has 0 bridgehead atoms. The topological polar surface area (TPSA) is 49.4 Å². The minimum Gasteiger partial charge on any atom is -0.545 e. The summed E-state index contributed by atoms with van der Waals surface area (Å²) in [6.45, 7) is 1.81. The standard InChI is InChI=1S/C9H10O3.Na/c1-6-3-4-8(12-2)7(5-6)9(10)11;/h3-5H,1-2H3,(H,10,11);/q;+1/p-1. The first-order valence-corrected chi connectivity index (χ1v) is 3.51. The minimum absolute atomic E-state index is 0. The van der Waals surface area contributed by atoms with Gasteiger partial charge >= 0.3 is 29.6 Å². The average molecular weight is 188 g/mol. The molecule has 0 aliphatic heterocycles. The van der Waals surface area contributed by atoms with Crippen LogP contribution in [-0.2, 0) is 0 Å². The molecule has 64 valence electrons. The van der Waals surface area contributed by atoms with Gasteiger partial charge in [0, 0.05) is 5.56 Å². The van der Waals surface area contributed by atoms with Crippen LogP contribution in [0.15, 0.2) is 18.2 Å². The summed E-state index contributed by atoms with van der Waals surface area (Å²) in [7, 11) is 1.43. The van der Waals surface area contributed by atoms with Crippen LogP contribution in [-0.4, -0.2) is 13.1 Å². The summed E-state index contributed by atoms with van der Waals surface area (Å²) in [5.74, 6) is -0.879. The van der Waals surface area contributed by atoms with E-state index < -0.39 is 5.97 Å². The number of hydrogen-bond donors (Lipinski definition) is 0. The Bertz CT molecular complexity index is 310. The Morgan fingerprint density at radius 2 is 2.08 bits per heavy atom. The van der Waals surface area contributed by atoms with Gasteiger partial charge in [-0.2, -0.15) is 0 Å². The van der Waals surface area contributed by atoms with Crippen LogP contribution in [0.2, 0.25) is 0 Å². The molecule has 0 unspecified atom stereocenters. The van der Waals surface area contributed by atoms with Crippen molar-refractivity contribution >= 4 is 5.97 Å². The Hall–Kier alpha value is -0.510. The third-order valence-electron chi connectivity index (χ3n) is 1.57. The molecule has 13 heavy (non-hydrogen) atoms. The number of aryl methyl sites for hydroxylation is 1. The number of carbonyl (C=O) groups excluding carboxylic acids is 1. The van der Waals surface area contributed by atoms with Gasteiger partial charge in [0.1, 0.15) is 5.75 Å². The number of aromatic carboxylic acids is 1. The number of hydrogen-bond acceptors (Lipinski definition) is 3. The van der Waals surface area contributed by atoms with Crippen LogP contribution in [0.1, 0.15) is 15.9 Å². The van der Waals surface area contributed by atoms with Crippen molar-refractivity contribution in [2.45, 2.75) is 6.92 Å². The van der Waals surface area contributed by atoms with Crippen molar-refractivity contribution in [3.8, 4) is 5.75 Å². The normalized spacial score (nSPS) is 8.77. The second-order valence-electron chi connectivity index (χ2n) is 2.49. The second kappa shape index (κ2) is 5.27. The Balaban J connectivity index is 0.00000144. The molecular formula is C9H9NaO3. The van der Waals surface area contributed by atoms with E-state index in [1.165, 1.54) is 13.2 Å². The zero-order valence-corrected chi connectivity index (χ0v) is 9.96. The van der Waals surface area contributed by atoms with Gasteiger partial charge in [0.25, 0.3) is 0 Å². The summed E-state index contributed by atoms with van der Waals surface area (Å²) in [4.78, 5) is 10.5. The molecule has 0 spiro atoms. The van der Waals surface area contributed by atoms with Gasteiger partial charge in [-0.1, -0.05) is 11.6 Å². The first-order chi connectivity index (χ1) is 5.65. The summed E-state index contributed by atoms with van der Waals surface area (Å²) in [5, 5.41) is 10.5. The van der Waals surface area contributed by atoms with Crippen LogP contribution in [0.5, 0.6) is 5.75 Å². The molecular weight excluding hydrogens is 179 g/mol. The van der Waals surface area contributed by atoms with E-state index in [4.69, 9.17) is 4.74 Å². The van der Waals surface area contributed by atoms with E-state index in [9.17, 15) is 9.90 Å². The molecule has 1 aromatic rings. The van der Waals surface area contributed by atoms with Gasteiger partial charge in [0.05, 0.1) is 13.1 Å². The molecule has 0 fully saturated rings. The molecule has 0 saturated heterocycles. The zero-order chi connectivity index (χ0) is 9.14. The predicted molar refractivity (Wildman–Crippen MR) is 42.1 cm³/mol. The Labute approximate surface area is 99.0 Å². The third kappa shape index (κ3) is 3.03. The van der Waals surface area contributed by atoms with Crippen LogP contribution < -0.4 is 39.4 Å². The van der Waals surface area contributed by atoms with E-state index in [-0.39, 0.29) is 35.1 Å². The number of benzene rings is 1. The van der Waals surface area contributed by atoms with Crippen molar-refractivity contribution in [1.29, 1.82) is 0 Å². The van der Waals surface area contributed by atoms with E-state index in [1.54, 1.807) is 12.1 Å². The first kappa shape index (κ1) is 12.5. The summed E-state index contributed by atoms with van der Waals surface area (Å²) < 4.78 is 4.84. The molecule has 0 heterocycles. The number of ether oxygens (including phenoxy) is 1. The molecule has 0 aliphatic rings. The van der Waals surface area contributed by atoms with Crippen LogP contribution in [0.3, 0.4) is 0 Å². The summed E-state index contributed by atoms with van der Waals surface area (Å²) in [6, 6.07) is 4.92. The van der Waals surface area contributed by atoms with Crippen molar-refractivity contribution in [3.63, 3.8) is 0 Å². The van der Waals surface area contributed by atoms with Gasteiger partial charge in [-0.15, -0.1) is 0 Å². The van der Waals surface area contributed by atoms with Gasteiger partial charge in [0.2, 0.25) is 0 Å². The fourth-order valence-electron chi connectivity index (χ4n) is 0.981. The summed E-state index contributed by atoms with van der Waals surface area (Å²) in [6.07, 6.45) is 0. The molecule has 0 radical (unpaired) electrons. The van der Waals surface area contributed by atoms with Gasteiger partial charge in [-0.25, -0.2) is 0 Å². The van der Waals surface area contributed by atoms with E-state index in [2.05, 4.69) is 0 Å². The van der Waals surface area contributed by atoms with Crippen LogP contribution in [0.4, 0.5) is 0 Å². The zero-order valence-electron chi connectivity index (χ0n) is 7.96. The third-order valence-corrected chi connectivity index (χ3v) is 1.57. The van der Waals surface area contributed by atoms with Gasteiger partial charge in [0.15, 0.2) is 0 Å². The van der Waals surface area contributed by atoms with Gasteiger partial charge < -0.3 is 14.6 Å². The molecule has 0 aromatic heterocycles.